The average Bonchev–Trinajstić information content (AvgIpc) is 3.16. The van der Waals surface area contributed by atoms with Crippen molar-refractivity contribution in [2.45, 2.75) is 19.4 Å². The lowest BCUT2D eigenvalue weighted by Gasteiger charge is -2.36. The van der Waals surface area contributed by atoms with Gasteiger partial charge >= 0.3 is 6.03 Å². The van der Waals surface area contributed by atoms with Crippen molar-refractivity contribution in [3.05, 3.63) is 94.1 Å². The minimum atomic E-state index is -0.249. The molecule has 1 atom stereocenters. The summed E-state index contributed by atoms with van der Waals surface area (Å²) in [6.45, 7) is 2.61. The summed E-state index contributed by atoms with van der Waals surface area (Å²) in [4.78, 5) is 18.9. The van der Waals surface area contributed by atoms with E-state index in [0.717, 1.165) is 45.6 Å². The number of hydrogen-bond donors (Lipinski definition) is 2. The third-order valence-corrected chi connectivity index (χ3v) is 6.29. The Balaban J connectivity index is 1.58. The molecule has 0 aliphatic carbocycles. The van der Waals surface area contributed by atoms with Gasteiger partial charge in [0.1, 0.15) is 5.75 Å². The van der Waals surface area contributed by atoms with Crippen LogP contribution < -0.4 is 10.1 Å². The Morgan fingerprint density at radius 1 is 1.12 bits per heavy atom. The van der Waals surface area contributed by atoms with Crippen molar-refractivity contribution >= 4 is 34.2 Å². The number of fused-ring (bicyclic) bond motifs is 3. The van der Waals surface area contributed by atoms with Crippen molar-refractivity contribution < 1.29 is 9.53 Å². The van der Waals surface area contributed by atoms with Crippen LogP contribution in [0.25, 0.3) is 10.9 Å². The van der Waals surface area contributed by atoms with Gasteiger partial charge in [-0.2, -0.15) is 0 Å². The van der Waals surface area contributed by atoms with Crippen LogP contribution in [0, 0.1) is 6.92 Å². The molecule has 1 aliphatic rings. The van der Waals surface area contributed by atoms with Gasteiger partial charge in [0, 0.05) is 33.9 Å². The number of anilines is 1. The third-order valence-electron chi connectivity index (χ3n) is 6.05. The van der Waals surface area contributed by atoms with Crippen LogP contribution in [-0.2, 0) is 6.42 Å². The molecule has 3 aromatic carbocycles. The maximum Gasteiger partial charge on any atom is 0.322 e. The number of urea groups is 1. The number of rotatable bonds is 3. The first kappa shape index (κ1) is 20.5. The van der Waals surface area contributed by atoms with Crippen LogP contribution in [0.2, 0.25) is 5.02 Å². The SMILES string of the molecule is COc1ccc([C@@H]2c3[nH]c4ccc(Cl)cc4c3CCN2C(=O)Nc2cccc(C)c2)cc1. The number of aryl methyl sites for hydroxylation is 1. The van der Waals surface area contributed by atoms with Crippen LogP contribution >= 0.6 is 11.6 Å². The number of amides is 2. The fourth-order valence-corrected chi connectivity index (χ4v) is 4.70. The normalized spacial score (nSPS) is 15.5. The lowest BCUT2D eigenvalue weighted by atomic mass is 9.92. The summed E-state index contributed by atoms with van der Waals surface area (Å²) < 4.78 is 5.34. The van der Waals surface area contributed by atoms with E-state index in [2.05, 4.69) is 10.3 Å². The largest absolute Gasteiger partial charge is 0.497 e. The fraction of sp³-hybridized carbons (Fsp3) is 0.192. The van der Waals surface area contributed by atoms with Gasteiger partial charge in [0.2, 0.25) is 0 Å². The Morgan fingerprint density at radius 2 is 1.94 bits per heavy atom. The minimum Gasteiger partial charge on any atom is -0.497 e. The Bertz CT molecular complexity index is 1300. The van der Waals surface area contributed by atoms with Crippen LogP contribution in [0.15, 0.2) is 66.7 Å². The van der Waals surface area contributed by atoms with E-state index in [9.17, 15) is 4.79 Å². The van der Waals surface area contributed by atoms with Crippen LogP contribution in [0.4, 0.5) is 10.5 Å². The molecule has 5 nitrogen and oxygen atoms in total. The summed E-state index contributed by atoms with van der Waals surface area (Å²) in [5.41, 5.74) is 6.17. The molecule has 2 amide bonds. The standard InChI is InChI=1S/C26H24ClN3O2/c1-16-4-3-5-19(14-16)28-26(31)30-13-12-21-22-15-18(27)8-11-23(22)29-24(21)25(30)17-6-9-20(32-2)10-7-17/h3-11,14-15,25,29H,12-13H2,1-2H3,(H,28,31)/t25-/m1/s1. The molecule has 2 heterocycles. The van der Waals surface area contributed by atoms with E-state index in [1.54, 1.807) is 7.11 Å². The first-order valence-corrected chi connectivity index (χ1v) is 11.0. The molecule has 6 heteroatoms. The predicted octanol–water partition coefficient (Wildman–Crippen LogP) is 6.32. The van der Waals surface area contributed by atoms with E-state index in [-0.39, 0.29) is 12.1 Å². The fourth-order valence-electron chi connectivity index (χ4n) is 4.53. The van der Waals surface area contributed by atoms with Crippen molar-refractivity contribution in [1.82, 2.24) is 9.88 Å². The number of nitrogens with one attached hydrogen (secondary N) is 2. The number of ether oxygens (including phenoxy) is 1. The van der Waals surface area contributed by atoms with Crippen molar-refractivity contribution in [2.24, 2.45) is 0 Å². The van der Waals surface area contributed by atoms with Crippen LogP contribution in [0.5, 0.6) is 5.75 Å². The van der Waals surface area contributed by atoms with Crippen molar-refractivity contribution in [2.75, 3.05) is 19.0 Å². The van der Waals surface area contributed by atoms with E-state index in [1.807, 2.05) is 78.6 Å². The van der Waals surface area contributed by atoms with Gasteiger partial charge < -0.3 is 19.9 Å². The number of methoxy groups -OCH3 is 1. The van der Waals surface area contributed by atoms with E-state index in [4.69, 9.17) is 16.3 Å². The Labute approximate surface area is 192 Å². The summed E-state index contributed by atoms with van der Waals surface area (Å²) in [5.74, 6) is 0.781. The molecule has 1 aromatic heterocycles. The van der Waals surface area contributed by atoms with Crippen LogP contribution in [0.3, 0.4) is 0 Å². The van der Waals surface area contributed by atoms with Gasteiger partial charge in [-0.1, -0.05) is 35.9 Å². The number of nitrogens with zero attached hydrogens (tertiary/aromatic N) is 1. The maximum atomic E-state index is 13.4. The summed E-state index contributed by atoms with van der Waals surface area (Å²) in [5, 5.41) is 4.90. The molecule has 0 fully saturated rings. The van der Waals surface area contributed by atoms with Crippen LogP contribution in [0.1, 0.15) is 28.4 Å². The Morgan fingerprint density at radius 3 is 2.69 bits per heavy atom. The minimum absolute atomic E-state index is 0.126. The van der Waals surface area contributed by atoms with Gasteiger partial charge in [-0.3, -0.25) is 0 Å². The van der Waals surface area contributed by atoms with Gasteiger partial charge in [-0.05, 0) is 72.5 Å². The molecule has 0 saturated carbocycles. The van der Waals surface area contributed by atoms with Crippen molar-refractivity contribution in [1.29, 1.82) is 0 Å². The van der Waals surface area contributed by atoms with Gasteiger partial charge in [0.15, 0.2) is 0 Å². The van der Waals surface area contributed by atoms with E-state index < -0.39 is 0 Å². The summed E-state index contributed by atoms with van der Waals surface area (Å²) >= 11 is 6.28. The Kier molecular flexibility index (Phi) is 5.27. The number of aromatic nitrogens is 1. The molecule has 0 saturated heterocycles. The van der Waals surface area contributed by atoms with Gasteiger partial charge in [0.05, 0.1) is 13.2 Å². The van der Waals surface area contributed by atoms with Crippen molar-refractivity contribution in [3.63, 3.8) is 0 Å². The van der Waals surface area contributed by atoms with Crippen molar-refractivity contribution in [3.8, 4) is 5.75 Å². The second kappa shape index (κ2) is 8.24. The zero-order valence-corrected chi connectivity index (χ0v) is 18.7. The molecule has 2 N–H and O–H groups in total. The molecule has 4 aromatic rings. The molecule has 32 heavy (non-hydrogen) atoms. The van der Waals surface area contributed by atoms with E-state index in [0.29, 0.717) is 11.6 Å². The Hall–Kier alpha value is -3.44. The lowest BCUT2D eigenvalue weighted by Crippen LogP contribution is -2.43. The molecule has 162 valence electrons. The molecule has 5 rings (SSSR count). The number of carbonyl (C=O) groups is 1. The third kappa shape index (κ3) is 3.69. The van der Waals surface area contributed by atoms with E-state index >= 15 is 0 Å². The van der Waals surface area contributed by atoms with Gasteiger partial charge in [0.25, 0.3) is 0 Å². The highest BCUT2D eigenvalue weighted by atomic mass is 35.5. The average molecular weight is 446 g/mol. The highest BCUT2D eigenvalue weighted by Gasteiger charge is 2.34. The monoisotopic (exact) mass is 445 g/mol. The maximum absolute atomic E-state index is 13.4. The predicted molar refractivity (Wildman–Crippen MR) is 129 cm³/mol. The molecule has 0 bridgehead atoms. The molecular weight excluding hydrogens is 422 g/mol. The molecule has 0 radical (unpaired) electrons. The summed E-state index contributed by atoms with van der Waals surface area (Å²) in [6, 6.07) is 21.2. The number of benzene rings is 3. The highest BCUT2D eigenvalue weighted by Crippen LogP contribution is 2.39. The molecule has 0 spiro atoms. The zero-order valence-electron chi connectivity index (χ0n) is 18.0. The van der Waals surface area contributed by atoms with Crippen LogP contribution in [-0.4, -0.2) is 29.6 Å². The second-order valence-corrected chi connectivity index (χ2v) is 8.56. The van der Waals surface area contributed by atoms with Gasteiger partial charge in [-0.15, -0.1) is 0 Å². The van der Waals surface area contributed by atoms with Gasteiger partial charge in [-0.25, -0.2) is 4.79 Å². The second-order valence-electron chi connectivity index (χ2n) is 8.13. The number of carbonyl (C=O) groups excluding carboxylic acids is 1. The molecule has 1 aliphatic heterocycles. The molecular formula is C26H24ClN3O2. The first-order valence-electron chi connectivity index (χ1n) is 10.6. The zero-order chi connectivity index (χ0) is 22.2. The first-order chi connectivity index (χ1) is 15.5. The number of H-pyrrole nitrogens is 1. The quantitative estimate of drug-likeness (QED) is 0.387. The topological polar surface area (TPSA) is 57.4 Å². The number of hydrogen-bond acceptors (Lipinski definition) is 2. The summed E-state index contributed by atoms with van der Waals surface area (Å²) in [7, 11) is 1.65. The smallest absolute Gasteiger partial charge is 0.322 e. The number of halogens is 1. The summed E-state index contributed by atoms with van der Waals surface area (Å²) in [6.07, 6.45) is 0.754. The number of aromatic amines is 1. The lowest BCUT2D eigenvalue weighted by molar-refractivity contribution is 0.193. The molecule has 0 unspecified atom stereocenters. The van der Waals surface area contributed by atoms with E-state index in [1.165, 1.54) is 5.56 Å². The highest BCUT2D eigenvalue weighted by molar-refractivity contribution is 6.31.